The fourth-order valence-electron chi connectivity index (χ4n) is 3.64. The van der Waals surface area contributed by atoms with E-state index in [-0.39, 0.29) is 18.2 Å². The van der Waals surface area contributed by atoms with Crippen LogP contribution >= 0.6 is 0 Å². The smallest absolute Gasteiger partial charge is 0.323 e. The lowest BCUT2D eigenvalue weighted by Crippen LogP contribution is -2.52. The third-order valence-electron chi connectivity index (χ3n) is 5.11. The maximum Gasteiger partial charge on any atom is 0.417 e. The van der Waals surface area contributed by atoms with Crippen LogP contribution in [0.1, 0.15) is 28.3 Å². The first kappa shape index (κ1) is 22.9. The molecule has 0 saturated carbocycles. The summed E-state index contributed by atoms with van der Waals surface area (Å²) < 4.78 is 78.5. The van der Waals surface area contributed by atoms with Gasteiger partial charge in [-0.05, 0) is 23.3 Å². The molecule has 1 aliphatic heterocycles. The number of urea groups is 1. The van der Waals surface area contributed by atoms with Gasteiger partial charge in [0.1, 0.15) is 0 Å². The van der Waals surface area contributed by atoms with Crippen molar-refractivity contribution in [3.63, 3.8) is 0 Å². The molecule has 1 saturated heterocycles. The van der Waals surface area contributed by atoms with Gasteiger partial charge < -0.3 is 15.1 Å². The molecule has 168 valence electrons. The molecule has 1 fully saturated rings. The van der Waals surface area contributed by atoms with E-state index < -0.39 is 29.5 Å². The van der Waals surface area contributed by atoms with Gasteiger partial charge in [0.05, 0.1) is 17.2 Å². The lowest BCUT2D eigenvalue weighted by atomic mass is 10.0. The zero-order valence-corrected chi connectivity index (χ0v) is 16.6. The van der Waals surface area contributed by atoms with Gasteiger partial charge in [-0.2, -0.15) is 26.3 Å². The number of carbonyl (C=O) groups excluding carboxylic acids is 1. The third kappa shape index (κ3) is 5.30. The zero-order chi connectivity index (χ0) is 22.8. The van der Waals surface area contributed by atoms with Crippen molar-refractivity contribution >= 4 is 6.03 Å². The van der Waals surface area contributed by atoms with Gasteiger partial charge in [0.15, 0.2) is 0 Å². The standard InChI is InChI=1S/C21H21F6N3O/c1-29(13-14-7-8-16(20(22,23)24)17(11-14)21(25,26)27)19(31)30-10-9-28-12-18(30)15-5-3-2-4-6-15/h2-8,11,18,28H,9-10,12-13H2,1H3. The first-order valence-electron chi connectivity index (χ1n) is 9.53. The molecule has 2 amide bonds. The van der Waals surface area contributed by atoms with Crippen LogP contribution in [0.15, 0.2) is 48.5 Å². The number of hydrogen-bond donors (Lipinski definition) is 1. The molecule has 1 N–H and O–H groups in total. The highest BCUT2D eigenvalue weighted by Gasteiger charge is 2.43. The Kier molecular flexibility index (Phi) is 6.49. The van der Waals surface area contributed by atoms with Crippen LogP contribution in [0.4, 0.5) is 31.1 Å². The van der Waals surface area contributed by atoms with Crippen molar-refractivity contribution in [3.05, 3.63) is 70.8 Å². The van der Waals surface area contributed by atoms with Gasteiger partial charge in [-0.1, -0.05) is 36.4 Å². The van der Waals surface area contributed by atoms with Crippen molar-refractivity contribution < 1.29 is 31.1 Å². The number of halogens is 6. The number of hydrogen-bond acceptors (Lipinski definition) is 2. The minimum Gasteiger partial charge on any atom is -0.323 e. The predicted molar refractivity (Wildman–Crippen MR) is 102 cm³/mol. The van der Waals surface area contributed by atoms with Gasteiger partial charge in [-0.25, -0.2) is 4.79 Å². The minimum absolute atomic E-state index is 0.0393. The molecule has 10 heteroatoms. The van der Waals surface area contributed by atoms with Crippen LogP contribution in [-0.4, -0.2) is 42.5 Å². The van der Waals surface area contributed by atoms with E-state index in [4.69, 9.17) is 0 Å². The van der Waals surface area contributed by atoms with Crippen molar-refractivity contribution in [3.8, 4) is 0 Å². The molecule has 1 aliphatic rings. The van der Waals surface area contributed by atoms with Crippen LogP contribution in [0.3, 0.4) is 0 Å². The summed E-state index contributed by atoms with van der Waals surface area (Å²) in [5, 5.41) is 3.21. The molecular weight excluding hydrogens is 424 g/mol. The second kappa shape index (κ2) is 8.78. The van der Waals surface area contributed by atoms with Crippen molar-refractivity contribution in [2.45, 2.75) is 24.9 Å². The second-order valence-electron chi connectivity index (χ2n) is 7.34. The predicted octanol–water partition coefficient (Wildman–Crippen LogP) is 4.92. The Morgan fingerprint density at radius 2 is 1.68 bits per heavy atom. The third-order valence-corrected chi connectivity index (χ3v) is 5.11. The number of rotatable bonds is 3. The summed E-state index contributed by atoms with van der Waals surface area (Å²) in [6, 6.07) is 10.5. The monoisotopic (exact) mass is 445 g/mol. The van der Waals surface area contributed by atoms with E-state index >= 15 is 0 Å². The molecule has 0 spiro atoms. The number of nitrogens with zero attached hydrogens (tertiary/aromatic N) is 2. The van der Waals surface area contributed by atoms with Gasteiger partial charge in [-0.3, -0.25) is 0 Å². The fraction of sp³-hybridized carbons (Fsp3) is 0.381. The van der Waals surface area contributed by atoms with Crippen molar-refractivity contribution in [2.75, 3.05) is 26.7 Å². The summed E-state index contributed by atoms with van der Waals surface area (Å²) >= 11 is 0. The molecule has 31 heavy (non-hydrogen) atoms. The Hall–Kier alpha value is -2.75. The highest BCUT2D eigenvalue weighted by atomic mass is 19.4. The molecule has 1 atom stereocenters. The largest absolute Gasteiger partial charge is 0.417 e. The van der Waals surface area contributed by atoms with E-state index in [0.717, 1.165) is 11.6 Å². The Balaban J connectivity index is 1.82. The van der Waals surface area contributed by atoms with E-state index in [1.165, 1.54) is 11.9 Å². The lowest BCUT2D eigenvalue weighted by Gasteiger charge is -2.38. The molecule has 2 aromatic carbocycles. The summed E-state index contributed by atoms with van der Waals surface area (Å²) in [7, 11) is 1.41. The average Bonchev–Trinajstić information content (AvgIpc) is 2.72. The lowest BCUT2D eigenvalue weighted by molar-refractivity contribution is -0.162. The van der Waals surface area contributed by atoms with Gasteiger partial charge in [0.25, 0.3) is 0 Å². The zero-order valence-electron chi connectivity index (χ0n) is 16.6. The number of piperazine rings is 1. The summed E-state index contributed by atoms with van der Waals surface area (Å²) in [5.74, 6) is 0. The average molecular weight is 445 g/mol. The van der Waals surface area contributed by atoms with E-state index in [1.807, 2.05) is 30.3 Å². The van der Waals surface area contributed by atoms with Crippen molar-refractivity contribution in [1.82, 2.24) is 15.1 Å². The molecule has 0 aromatic heterocycles. The Morgan fingerprint density at radius 3 is 2.29 bits per heavy atom. The molecule has 1 unspecified atom stereocenters. The first-order chi connectivity index (χ1) is 14.5. The van der Waals surface area contributed by atoms with Crippen molar-refractivity contribution in [2.24, 2.45) is 0 Å². The normalized spacial score (nSPS) is 17.5. The highest BCUT2D eigenvalue weighted by molar-refractivity contribution is 5.75. The molecule has 0 radical (unpaired) electrons. The van der Waals surface area contributed by atoms with Crippen LogP contribution < -0.4 is 5.32 Å². The van der Waals surface area contributed by atoms with Gasteiger partial charge >= 0.3 is 18.4 Å². The number of amides is 2. The van der Waals surface area contributed by atoms with Gasteiger partial charge in [-0.15, -0.1) is 0 Å². The maximum absolute atomic E-state index is 13.2. The molecule has 1 heterocycles. The van der Waals surface area contributed by atoms with Crippen LogP contribution in [0.2, 0.25) is 0 Å². The Labute approximate surface area is 175 Å². The van der Waals surface area contributed by atoms with Gasteiger partial charge in [0, 0.05) is 33.2 Å². The molecule has 2 aromatic rings. The topological polar surface area (TPSA) is 35.6 Å². The second-order valence-corrected chi connectivity index (χ2v) is 7.34. The molecule has 4 nitrogen and oxygen atoms in total. The summed E-state index contributed by atoms with van der Waals surface area (Å²) in [6.45, 7) is 1.21. The van der Waals surface area contributed by atoms with E-state index in [2.05, 4.69) is 5.32 Å². The number of benzene rings is 2. The molecule has 0 bridgehead atoms. The SMILES string of the molecule is CN(Cc1ccc(C(F)(F)F)c(C(F)(F)F)c1)C(=O)N1CCNCC1c1ccccc1. The summed E-state index contributed by atoms with van der Waals surface area (Å²) in [4.78, 5) is 15.8. The summed E-state index contributed by atoms with van der Waals surface area (Å²) in [5.41, 5.74) is -2.64. The van der Waals surface area contributed by atoms with Gasteiger partial charge in [0.2, 0.25) is 0 Å². The molecule has 0 aliphatic carbocycles. The Morgan fingerprint density at radius 1 is 1.03 bits per heavy atom. The van der Waals surface area contributed by atoms with E-state index in [0.29, 0.717) is 31.8 Å². The number of carbonyl (C=O) groups is 1. The Bertz CT molecular complexity index is 914. The van der Waals surface area contributed by atoms with E-state index in [9.17, 15) is 31.1 Å². The molecular formula is C21H21F6N3O. The van der Waals surface area contributed by atoms with Crippen LogP contribution in [0.5, 0.6) is 0 Å². The van der Waals surface area contributed by atoms with Crippen LogP contribution in [0, 0.1) is 0 Å². The maximum atomic E-state index is 13.2. The number of alkyl halides is 6. The molecule has 3 rings (SSSR count). The first-order valence-corrected chi connectivity index (χ1v) is 9.53. The quantitative estimate of drug-likeness (QED) is 0.681. The summed E-state index contributed by atoms with van der Waals surface area (Å²) in [6.07, 6.45) is -10.3. The fourth-order valence-corrected chi connectivity index (χ4v) is 3.64. The highest BCUT2D eigenvalue weighted by Crippen LogP contribution is 2.40. The number of nitrogens with one attached hydrogen (secondary N) is 1. The van der Waals surface area contributed by atoms with Crippen LogP contribution in [-0.2, 0) is 18.9 Å². The van der Waals surface area contributed by atoms with Crippen molar-refractivity contribution in [1.29, 1.82) is 0 Å². The van der Waals surface area contributed by atoms with Crippen LogP contribution in [0.25, 0.3) is 0 Å². The minimum atomic E-state index is -5.17. The van der Waals surface area contributed by atoms with E-state index in [1.54, 1.807) is 4.90 Å².